The molecule has 0 saturated carbocycles. The SMILES string of the molecule is CCNC(=NCc1ccnc(N2CCN(C)CC2)c1)NCc1coc(-c2ccc(C)cc2)n1. The Morgan fingerprint density at radius 2 is 1.88 bits per heavy atom. The second-order valence-corrected chi connectivity index (χ2v) is 8.37. The molecular weight excluding hydrogens is 414 g/mol. The number of guanidine groups is 1. The van der Waals surface area contributed by atoms with E-state index in [9.17, 15) is 0 Å². The molecule has 0 amide bonds. The third kappa shape index (κ3) is 6.32. The Hall–Kier alpha value is -3.39. The first-order valence-corrected chi connectivity index (χ1v) is 11.5. The molecule has 2 N–H and O–H groups in total. The van der Waals surface area contributed by atoms with Crippen molar-refractivity contribution in [3.63, 3.8) is 0 Å². The van der Waals surface area contributed by atoms with Gasteiger partial charge in [0.1, 0.15) is 12.1 Å². The topological polar surface area (TPSA) is 81.8 Å². The predicted molar refractivity (Wildman–Crippen MR) is 132 cm³/mol. The van der Waals surface area contributed by atoms with Crippen LogP contribution in [-0.2, 0) is 13.1 Å². The van der Waals surface area contributed by atoms with E-state index in [0.29, 0.717) is 19.0 Å². The number of aliphatic imine (C=N–C) groups is 1. The molecule has 0 radical (unpaired) electrons. The molecule has 1 saturated heterocycles. The third-order valence-electron chi connectivity index (χ3n) is 5.69. The first-order valence-electron chi connectivity index (χ1n) is 11.5. The first-order chi connectivity index (χ1) is 16.1. The fraction of sp³-hybridized carbons (Fsp3) is 0.400. The number of nitrogens with zero attached hydrogens (tertiary/aromatic N) is 5. The van der Waals surface area contributed by atoms with Crippen molar-refractivity contribution in [2.24, 2.45) is 4.99 Å². The van der Waals surface area contributed by atoms with E-state index in [4.69, 9.17) is 9.41 Å². The van der Waals surface area contributed by atoms with Gasteiger partial charge < -0.3 is 24.9 Å². The molecule has 33 heavy (non-hydrogen) atoms. The Morgan fingerprint density at radius 3 is 2.64 bits per heavy atom. The molecule has 0 aliphatic carbocycles. The second-order valence-electron chi connectivity index (χ2n) is 8.37. The van der Waals surface area contributed by atoms with Gasteiger partial charge in [-0.05, 0) is 50.7 Å². The average molecular weight is 448 g/mol. The number of likely N-dealkylation sites (N-methyl/N-ethyl adjacent to an activating group) is 1. The van der Waals surface area contributed by atoms with E-state index in [1.165, 1.54) is 5.56 Å². The molecule has 1 aliphatic rings. The second kappa shape index (κ2) is 11.0. The molecule has 1 fully saturated rings. The van der Waals surface area contributed by atoms with Gasteiger partial charge in [-0.3, -0.25) is 0 Å². The molecule has 3 aromatic rings. The zero-order valence-electron chi connectivity index (χ0n) is 19.7. The quantitative estimate of drug-likeness (QED) is 0.426. The summed E-state index contributed by atoms with van der Waals surface area (Å²) in [6.45, 7) is 10.1. The van der Waals surface area contributed by atoms with Gasteiger partial charge in [0.15, 0.2) is 5.96 Å². The maximum absolute atomic E-state index is 5.66. The van der Waals surface area contributed by atoms with E-state index in [-0.39, 0.29) is 0 Å². The fourth-order valence-electron chi connectivity index (χ4n) is 3.67. The van der Waals surface area contributed by atoms with Crippen LogP contribution in [-0.4, -0.2) is 60.6 Å². The van der Waals surface area contributed by atoms with E-state index < -0.39 is 0 Å². The van der Waals surface area contributed by atoms with E-state index in [1.807, 2.05) is 24.4 Å². The number of nitrogens with one attached hydrogen (secondary N) is 2. The van der Waals surface area contributed by atoms with Crippen LogP contribution in [0, 0.1) is 6.92 Å². The van der Waals surface area contributed by atoms with Crippen LogP contribution in [0.15, 0.2) is 58.3 Å². The van der Waals surface area contributed by atoms with Crippen LogP contribution in [0.1, 0.15) is 23.7 Å². The number of hydrogen-bond donors (Lipinski definition) is 2. The molecule has 174 valence electrons. The minimum absolute atomic E-state index is 0.532. The number of aryl methyl sites for hydroxylation is 1. The lowest BCUT2D eigenvalue weighted by Gasteiger charge is -2.33. The molecule has 1 aromatic carbocycles. The summed E-state index contributed by atoms with van der Waals surface area (Å²) in [6, 6.07) is 12.3. The van der Waals surface area contributed by atoms with E-state index in [0.717, 1.165) is 61.3 Å². The number of rotatable bonds is 7. The number of hydrogen-bond acceptors (Lipinski definition) is 6. The van der Waals surface area contributed by atoms with Crippen molar-refractivity contribution in [2.45, 2.75) is 26.9 Å². The predicted octanol–water partition coefficient (Wildman–Crippen LogP) is 3.05. The molecule has 0 unspecified atom stereocenters. The van der Waals surface area contributed by atoms with Gasteiger partial charge in [0, 0.05) is 44.5 Å². The third-order valence-corrected chi connectivity index (χ3v) is 5.69. The van der Waals surface area contributed by atoms with Crippen LogP contribution in [0.2, 0.25) is 0 Å². The summed E-state index contributed by atoms with van der Waals surface area (Å²) in [4.78, 5) is 18.6. The Morgan fingerprint density at radius 1 is 1.09 bits per heavy atom. The maximum atomic E-state index is 5.66. The molecule has 0 atom stereocenters. The van der Waals surface area contributed by atoms with E-state index in [1.54, 1.807) is 6.26 Å². The number of oxazole rings is 1. The number of aromatic nitrogens is 2. The highest BCUT2D eigenvalue weighted by Crippen LogP contribution is 2.19. The first kappa shape index (κ1) is 22.8. The number of anilines is 1. The van der Waals surface area contributed by atoms with Gasteiger partial charge in [0.05, 0.1) is 18.8 Å². The molecule has 8 heteroatoms. The zero-order valence-corrected chi connectivity index (χ0v) is 19.7. The summed E-state index contributed by atoms with van der Waals surface area (Å²) >= 11 is 0. The molecular formula is C25H33N7O. The molecule has 1 aliphatic heterocycles. The van der Waals surface area contributed by atoms with Crippen LogP contribution in [0.25, 0.3) is 11.5 Å². The van der Waals surface area contributed by atoms with Gasteiger partial charge in [0.25, 0.3) is 0 Å². The standard InChI is InChI=1S/C25H33N7O/c1-4-26-25(29-17-22-18-33-24(30-22)21-7-5-19(2)6-8-21)28-16-20-9-10-27-23(15-20)32-13-11-31(3)12-14-32/h5-10,15,18H,4,11-14,16-17H2,1-3H3,(H2,26,28,29). The molecule has 8 nitrogen and oxygen atoms in total. The van der Waals surface area contributed by atoms with Gasteiger partial charge in [-0.15, -0.1) is 0 Å². The highest BCUT2D eigenvalue weighted by Gasteiger charge is 2.15. The monoisotopic (exact) mass is 447 g/mol. The van der Waals surface area contributed by atoms with Crippen LogP contribution >= 0.6 is 0 Å². The van der Waals surface area contributed by atoms with Crippen molar-refractivity contribution in [2.75, 3.05) is 44.7 Å². The van der Waals surface area contributed by atoms with E-state index in [2.05, 4.69) is 69.5 Å². The Labute approximate surface area is 195 Å². The van der Waals surface area contributed by atoms with Crippen molar-refractivity contribution < 1.29 is 4.42 Å². The van der Waals surface area contributed by atoms with Crippen LogP contribution < -0.4 is 15.5 Å². The van der Waals surface area contributed by atoms with Gasteiger partial charge in [0.2, 0.25) is 5.89 Å². The van der Waals surface area contributed by atoms with Crippen molar-refractivity contribution in [1.82, 2.24) is 25.5 Å². The van der Waals surface area contributed by atoms with E-state index >= 15 is 0 Å². The zero-order chi connectivity index (χ0) is 23.0. The largest absolute Gasteiger partial charge is 0.444 e. The number of pyridine rings is 1. The minimum Gasteiger partial charge on any atom is -0.444 e. The summed E-state index contributed by atoms with van der Waals surface area (Å²) < 4.78 is 5.66. The molecule has 2 aromatic heterocycles. The highest BCUT2D eigenvalue weighted by molar-refractivity contribution is 5.79. The summed E-state index contributed by atoms with van der Waals surface area (Å²) in [7, 11) is 2.16. The smallest absolute Gasteiger partial charge is 0.226 e. The van der Waals surface area contributed by atoms with Crippen LogP contribution in [0.3, 0.4) is 0 Å². The van der Waals surface area contributed by atoms with Crippen molar-refractivity contribution >= 4 is 11.8 Å². The average Bonchev–Trinajstić information content (AvgIpc) is 3.31. The van der Waals surface area contributed by atoms with Gasteiger partial charge in [-0.2, -0.15) is 0 Å². The Kier molecular flexibility index (Phi) is 7.57. The lowest BCUT2D eigenvalue weighted by atomic mass is 10.1. The minimum atomic E-state index is 0.532. The molecule has 3 heterocycles. The normalized spacial score (nSPS) is 15.0. The molecule has 0 spiro atoms. The number of benzene rings is 1. The maximum Gasteiger partial charge on any atom is 0.226 e. The summed E-state index contributed by atoms with van der Waals surface area (Å²) in [5.74, 6) is 2.40. The van der Waals surface area contributed by atoms with Crippen LogP contribution in [0.4, 0.5) is 5.82 Å². The van der Waals surface area contributed by atoms with Gasteiger partial charge in [-0.1, -0.05) is 17.7 Å². The Balaban J connectivity index is 1.36. The molecule has 0 bridgehead atoms. The summed E-state index contributed by atoms with van der Waals surface area (Å²) in [6.07, 6.45) is 3.57. The number of piperazine rings is 1. The fourth-order valence-corrected chi connectivity index (χ4v) is 3.67. The van der Waals surface area contributed by atoms with Gasteiger partial charge >= 0.3 is 0 Å². The Bertz CT molecular complexity index is 1050. The lowest BCUT2D eigenvalue weighted by molar-refractivity contribution is 0.312. The van der Waals surface area contributed by atoms with Crippen LogP contribution in [0.5, 0.6) is 0 Å². The summed E-state index contributed by atoms with van der Waals surface area (Å²) in [5, 5.41) is 6.65. The van der Waals surface area contributed by atoms with Crippen molar-refractivity contribution in [1.29, 1.82) is 0 Å². The van der Waals surface area contributed by atoms with Crippen molar-refractivity contribution in [3.05, 3.63) is 65.7 Å². The highest BCUT2D eigenvalue weighted by atomic mass is 16.3. The lowest BCUT2D eigenvalue weighted by Crippen LogP contribution is -2.44. The molecule has 4 rings (SSSR count). The van der Waals surface area contributed by atoms with Crippen molar-refractivity contribution in [3.8, 4) is 11.5 Å². The summed E-state index contributed by atoms with van der Waals surface area (Å²) in [5.41, 5.74) is 4.15. The van der Waals surface area contributed by atoms with Gasteiger partial charge in [-0.25, -0.2) is 15.0 Å².